The molecule has 7 heteroatoms. The molecule has 0 atom stereocenters. The molecule has 0 saturated heterocycles. The van der Waals surface area contributed by atoms with E-state index < -0.39 is 5.76 Å². The molecule has 0 fully saturated rings. The van der Waals surface area contributed by atoms with Gasteiger partial charge in [-0.05, 0) is 36.4 Å². The molecule has 0 unspecified atom stereocenters. The summed E-state index contributed by atoms with van der Waals surface area (Å²) >= 11 is 1.54. The average molecular weight is 343 g/mol. The quantitative estimate of drug-likeness (QED) is 0.759. The molecule has 0 radical (unpaired) electrons. The number of nitrogens with one attached hydrogen (secondary N) is 1. The fourth-order valence-corrected chi connectivity index (χ4v) is 2.86. The molecule has 2 aromatic rings. The van der Waals surface area contributed by atoms with Crippen molar-refractivity contribution < 1.29 is 18.0 Å². The van der Waals surface area contributed by atoms with Crippen LogP contribution >= 0.6 is 23.5 Å². The van der Waals surface area contributed by atoms with Crippen LogP contribution in [0.2, 0.25) is 0 Å². The maximum Gasteiger partial charge on any atom is 0.288 e. The average Bonchev–Trinajstić information content (AvgIpc) is 2.48. The highest BCUT2D eigenvalue weighted by atomic mass is 32.2. The van der Waals surface area contributed by atoms with Crippen LogP contribution in [0.4, 0.5) is 18.9 Å². The Hall–Kier alpha value is -1.60. The van der Waals surface area contributed by atoms with E-state index in [0.29, 0.717) is 27.2 Å². The molecule has 0 bridgehead atoms. The minimum absolute atomic E-state index is 0.0640. The maximum absolute atomic E-state index is 13.4. The second-order valence-corrected chi connectivity index (χ2v) is 6.25. The number of carbonyl (C=O) groups is 1. The van der Waals surface area contributed by atoms with Crippen LogP contribution in [0.1, 0.15) is 0 Å². The molecule has 2 nitrogen and oxygen atoms in total. The number of amides is 1. The van der Waals surface area contributed by atoms with Crippen LogP contribution in [0.3, 0.4) is 0 Å². The summed E-state index contributed by atoms with van der Waals surface area (Å²) in [6.07, 6.45) is 0. The summed E-state index contributed by atoms with van der Waals surface area (Å²) in [4.78, 5) is 12.6. The van der Waals surface area contributed by atoms with Gasteiger partial charge in [0.25, 0.3) is 5.76 Å². The first kappa shape index (κ1) is 16.8. The minimum Gasteiger partial charge on any atom is -0.325 e. The van der Waals surface area contributed by atoms with Crippen LogP contribution in [0.25, 0.3) is 0 Å². The van der Waals surface area contributed by atoms with E-state index in [4.69, 9.17) is 0 Å². The number of hydrogen-bond donors (Lipinski definition) is 1. The van der Waals surface area contributed by atoms with Gasteiger partial charge in [-0.15, -0.1) is 11.8 Å². The van der Waals surface area contributed by atoms with E-state index in [1.807, 2.05) is 0 Å². The van der Waals surface area contributed by atoms with Crippen molar-refractivity contribution in [3.8, 4) is 0 Å². The molecule has 0 heterocycles. The van der Waals surface area contributed by atoms with Gasteiger partial charge in [0.15, 0.2) is 0 Å². The molecule has 2 rings (SSSR count). The number of carbonyl (C=O) groups excluding carboxylic acids is 1. The van der Waals surface area contributed by atoms with Crippen molar-refractivity contribution in [2.24, 2.45) is 0 Å². The lowest BCUT2D eigenvalue weighted by Crippen LogP contribution is -2.14. The topological polar surface area (TPSA) is 29.1 Å². The van der Waals surface area contributed by atoms with Crippen LogP contribution in [0, 0.1) is 5.82 Å². The normalized spacial score (nSPS) is 10.7. The van der Waals surface area contributed by atoms with E-state index in [2.05, 4.69) is 5.32 Å². The van der Waals surface area contributed by atoms with Gasteiger partial charge < -0.3 is 5.32 Å². The SMILES string of the molecule is O=C(CSc1ccccc1F)Nc1ccc(SC(F)F)cc1. The van der Waals surface area contributed by atoms with Gasteiger partial charge in [-0.1, -0.05) is 23.9 Å². The largest absolute Gasteiger partial charge is 0.325 e. The number of alkyl halides is 2. The van der Waals surface area contributed by atoms with Crippen molar-refractivity contribution >= 4 is 35.1 Å². The van der Waals surface area contributed by atoms with Crippen LogP contribution in [0.5, 0.6) is 0 Å². The Bertz CT molecular complexity index is 635. The van der Waals surface area contributed by atoms with E-state index in [-0.39, 0.29) is 17.5 Å². The van der Waals surface area contributed by atoms with Crippen molar-refractivity contribution in [3.63, 3.8) is 0 Å². The first-order chi connectivity index (χ1) is 10.5. The number of benzene rings is 2. The second-order valence-electron chi connectivity index (χ2n) is 4.17. The van der Waals surface area contributed by atoms with Crippen LogP contribution in [-0.4, -0.2) is 17.4 Å². The molecule has 1 amide bonds. The second kappa shape index (κ2) is 8.14. The zero-order valence-electron chi connectivity index (χ0n) is 11.3. The smallest absolute Gasteiger partial charge is 0.288 e. The summed E-state index contributed by atoms with van der Waals surface area (Å²) in [6, 6.07) is 12.3. The number of rotatable bonds is 6. The van der Waals surface area contributed by atoms with E-state index in [1.54, 1.807) is 30.3 Å². The monoisotopic (exact) mass is 343 g/mol. The highest BCUT2D eigenvalue weighted by Crippen LogP contribution is 2.26. The zero-order chi connectivity index (χ0) is 15.9. The Balaban J connectivity index is 1.85. The van der Waals surface area contributed by atoms with Crippen molar-refractivity contribution in [2.75, 3.05) is 11.1 Å². The van der Waals surface area contributed by atoms with Crippen molar-refractivity contribution in [3.05, 3.63) is 54.3 Å². The Morgan fingerprint density at radius 3 is 2.41 bits per heavy atom. The number of halogens is 3. The summed E-state index contributed by atoms with van der Waals surface area (Å²) in [7, 11) is 0. The van der Waals surface area contributed by atoms with Crippen molar-refractivity contribution in [2.45, 2.75) is 15.5 Å². The summed E-state index contributed by atoms with van der Waals surface area (Å²) < 4.78 is 37.8. The van der Waals surface area contributed by atoms with Gasteiger partial charge in [0, 0.05) is 15.5 Å². The Labute approximate surface area is 134 Å². The molecule has 1 N–H and O–H groups in total. The van der Waals surface area contributed by atoms with Crippen molar-refractivity contribution in [1.29, 1.82) is 0 Å². The van der Waals surface area contributed by atoms with Gasteiger partial charge in [-0.3, -0.25) is 4.79 Å². The summed E-state index contributed by atoms with van der Waals surface area (Å²) in [5, 5.41) is 2.63. The zero-order valence-corrected chi connectivity index (χ0v) is 12.9. The summed E-state index contributed by atoms with van der Waals surface area (Å²) in [5.74, 6) is -3.07. The van der Waals surface area contributed by atoms with Crippen LogP contribution in [-0.2, 0) is 4.79 Å². The highest BCUT2D eigenvalue weighted by Gasteiger charge is 2.08. The maximum atomic E-state index is 13.4. The first-order valence-corrected chi connectivity index (χ1v) is 8.13. The van der Waals surface area contributed by atoms with Crippen LogP contribution < -0.4 is 5.32 Å². The molecular weight excluding hydrogens is 331 g/mol. The predicted molar refractivity (Wildman–Crippen MR) is 84.1 cm³/mol. The molecular formula is C15H12F3NOS2. The predicted octanol–water partition coefficient (Wildman–Crippen LogP) is 4.87. The van der Waals surface area contributed by atoms with E-state index in [0.717, 1.165) is 11.8 Å². The molecule has 0 aliphatic rings. The van der Waals surface area contributed by atoms with Gasteiger partial charge in [0.1, 0.15) is 5.82 Å². The number of thioether (sulfide) groups is 2. The standard InChI is InChI=1S/C15H12F3NOS2/c16-12-3-1-2-4-13(12)21-9-14(20)19-10-5-7-11(8-6-10)22-15(17)18/h1-8,15H,9H2,(H,19,20). The molecule has 0 saturated carbocycles. The third kappa shape index (κ3) is 5.31. The Kier molecular flexibility index (Phi) is 6.21. The molecule has 2 aromatic carbocycles. The van der Waals surface area contributed by atoms with Crippen LogP contribution in [0.15, 0.2) is 58.3 Å². The van der Waals surface area contributed by atoms with Gasteiger partial charge in [0.05, 0.1) is 5.75 Å². The molecule has 0 aliphatic carbocycles. The lowest BCUT2D eigenvalue weighted by Gasteiger charge is -2.07. The number of anilines is 1. The van der Waals surface area contributed by atoms with Gasteiger partial charge in [-0.2, -0.15) is 8.78 Å². The fraction of sp³-hybridized carbons (Fsp3) is 0.133. The first-order valence-electron chi connectivity index (χ1n) is 6.26. The Morgan fingerprint density at radius 1 is 1.09 bits per heavy atom. The van der Waals surface area contributed by atoms with E-state index in [9.17, 15) is 18.0 Å². The molecule has 0 spiro atoms. The van der Waals surface area contributed by atoms with Crippen molar-refractivity contribution in [1.82, 2.24) is 0 Å². The molecule has 116 valence electrons. The molecule has 0 aromatic heterocycles. The highest BCUT2D eigenvalue weighted by molar-refractivity contribution is 8.00. The van der Waals surface area contributed by atoms with E-state index >= 15 is 0 Å². The number of hydrogen-bond acceptors (Lipinski definition) is 3. The lowest BCUT2D eigenvalue weighted by molar-refractivity contribution is -0.113. The molecule has 0 aliphatic heterocycles. The summed E-state index contributed by atoms with van der Waals surface area (Å²) in [5.41, 5.74) is 0.512. The van der Waals surface area contributed by atoms with E-state index in [1.165, 1.54) is 18.2 Å². The lowest BCUT2D eigenvalue weighted by atomic mass is 10.3. The van der Waals surface area contributed by atoms with Gasteiger partial charge in [-0.25, -0.2) is 4.39 Å². The third-order valence-corrected chi connectivity index (χ3v) is 4.33. The minimum atomic E-state index is -2.47. The Morgan fingerprint density at radius 2 is 1.77 bits per heavy atom. The third-order valence-electron chi connectivity index (χ3n) is 2.56. The molecule has 22 heavy (non-hydrogen) atoms. The summed E-state index contributed by atoms with van der Waals surface area (Å²) in [6.45, 7) is 0. The van der Waals surface area contributed by atoms with Gasteiger partial charge >= 0.3 is 0 Å². The van der Waals surface area contributed by atoms with Gasteiger partial charge in [0.2, 0.25) is 5.91 Å². The fourth-order valence-electron chi connectivity index (χ4n) is 1.62.